The molecule has 1 saturated heterocycles. The molecule has 1 aromatic carbocycles. The van der Waals surface area contributed by atoms with Crippen molar-refractivity contribution < 1.29 is 9.47 Å². The van der Waals surface area contributed by atoms with Crippen LogP contribution in [0.4, 0.5) is 0 Å². The third-order valence-electron chi connectivity index (χ3n) is 4.28. The molecular formula is C16H23N3O2. The number of hydrogen-bond donors (Lipinski definition) is 1. The van der Waals surface area contributed by atoms with Gasteiger partial charge in [0.2, 0.25) is 0 Å². The van der Waals surface area contributed by atoms with Crippen LogP contribution in [-0.2, 0) is 22.6 Å². The number of ether oxygens (including phenoxy) is 2. The molecule has 0 amide bonds. The van der Waals surface area contributed by atoms with E-state index in [2.05, 4.69) is 35.0 Å². The van der Waals surface area contributed by atoms with Gasteiger partial charge in [0.05, 0.1) is 24.2 Å². The van der Waals surface area contributed by atoms with Crippen LogP contribution in [0.1, 0.15) is 19.2 Å². The van der Waals surface area contributed by atoms with E-state index < -0.39 is 0 Å². The van der Waals surface area contributed by atoms with Crippen molar-refractivity contribution in [1.82, 2.24) is 14.9 Å². The van der Waals surface area contributed by atoms with Crippen LogP contribution in [0.3, 0.4) is 0 Å². The van der Waals surface area contributed by atoms with E-state index in [1.165, 1.54) is 5.52 Å². The number of rotatable bonds is 6. The van der Waals surface area contributed by atoms with Crippen LogP contribution in [0.25, 0.3) is 11.0 Å². The van der Waals surface area contributed by atoms with Crippen molar-refractivity contribution in [3.8, 4) is 0 Å². The summed E-state index contributed by atoms with van der Waals surface area (Å²) < 4.78 is 13.4. The molecule has 0 radical (unpaired) electrons. The number of methoxy groups -OCH3 is 1. The molecule has 1 aliphatic rings. The van der Waals surface area contributed by atoms with Crippen molar-refractivity contribution in [3.05, 3.63) is 30.1 Å². The Hall–Kier alpha value is -1.43. The molecule has 2 heterocycles. The van der Waals surface area contributed by atoms with Crippen LogP contribution < -0.4 is 5.32 Å². The van der Waals surface area contributed by atoms with Crippen molar-refractivity contribution in [2.24, 2.45) is 0 Å². The van der Waals surface area contributed by atoms with Gasteiger partial charge in [0.25, 0.3) is 0 Å². The summed E-state index contributed by atoms with van der Waals surface area (Å²) in [6.07, 6.45) is 0.945. The average Bonchev–Trinajstić information content (AvgIpc) is 3.12. The molecule has 5 nitrogen and oxygen atoms in total. The summed E-state index contributed by atoms with van der Waals surface area (Å²) in [6, 6.07) is 8.27. The zero-order chi connectivity index (χ0) is 14.7. The number of nitrogens with zero attached hydrogens (tertiary/aromatic N) is 2. The molecule has 1 unspecified atom stereocenters. The lowest BCUT2D eigenvalue weighted by Gasteiger charge is -2.26. The number of benzene rings is 1. The van der Waals surface area contributed by atoms with Gasteiger partial charge in [-0.15, -0.1) is 0 Å². The van der Waals surface area contributed by atoms with Gasteiger partial charge in [0.15, 0.2) is 0 Å². The fraction of sp³-hybridized carbons (Fsp3) is 0.562. The van der Waals surface area contributed by atoms with E-state index in [-0.39, 0.29) is 5.60 Å². The maximum atomic E-state index is 5.64. The summed E-state index contributed by atoms with van der Waals surface area (Å²) in [5.74, 6) is 1.07. The highest BCUT2D eigenvalue weighted by Gasteiger charge is 2.34. The first-order chi connectivity index (χ1) is 10.3. The van der Waals surface area contributed by atoms with Gasteiger partial charge < -0.3 is 19.4 Å². The Bertz CT molecular complexity index is 603. The van der Waals surface area contributed by atoms with Gasteiger partial charge in [-0.25, -0.2) is 4.98 Å². The van der Waals surface area contributed by atoms with Gasteiger partial charge in [-0.3, -0.25) is 0 Å². The lowest BCUT2D eigenvalue weighted by molar-refractivity contribution is -0.0160. The number of para-hydroxylation sites is 2. The minimum atomic E-state index is -0.178. The topological polar surface area (TPSA) is 48.3 Å². The number of aryl methyl sites for hydroxylation is 1. The molecule has 0 spiro atoms. The summed E-state index contributed by atoms with van der Waals surface area (Å²) >= 11 is 0. The molecule has 0 aliphatic carbocycles. The smallest absolute Gasteiger partial charge is 0.123 e. The van der Waals surface area contributed by atoms with Gasteiger partial charge in [0.1, 0.15) is 11.4 Å². The summed E-state index contributed by atoms with van der Waals surface area (Å²) in [7, 11) is 1.76. The molecule has 114 valence electrons. The van der Waals surface area contributed by atoms with Gasteiger partial charge in [0, 0.05) is 33.2 Å². The van der Waals surface area contributed by atoms with E-state index in [9.17, 15) is 0 Å². The Morgan fingerprint density at radius 2 is 2.29 bits per heavy atom. The Morgan fingerprint density at radius 1 is 1.43 bits per heavy atom. The monoisotopic (exact) mass is 289 g/mol. The molecule has 2 aromatic rings. The first-order valence-corrected chi connectivity index (χ1v) is 7.56. The van der Waals surface area contributed by atoms with Crippen molar-refractivity contribution in [3.63, 3.8) is 0 Å². The van der Waals surface area contributed by atoms with Gasteiger partial charge in [-0.2, -0.15) is 0 Å². The van der Waals surface area contributed by atoms with Crippen LogP contribution >= 0.6 is 0 Å². The van der Waals surface area contributed by atoms with Crippen molar-refractivity contribution >= 4 is 11.0 Å². The standard InChI is InChI=1S/C16H23N3O2/c1-3-19-14-7-5-4-6-13(14)18-15(19)10-17-11-16(20-2)8-9-21-12-16/h4-7,17H,3,8-12H2,1-2H3. The summed E-state index contributed by atoms with van der Waals surface area (Å²) in [5.41, 5.74) is 2.08. The van der Waals surface area contributed by atoms with Gasteiger partial charge in [-0.05, 0) is 19.1 Å². The minimum absolute atomic E-state index is 0.178. The summed E-state index contributed by atoms with van der Waals surface area (Å²) in [5, 5.41) is 3.48. The van der Waals surface area contributed by atoms with E-state index in [4.69, 9.17) is 14.5 Å². The maximum absolute atomic E-state index is 5.64. The number of nitrogens with one attached hydrogen (secondary N) is 1. The van der Waals surface area contributed by atoms with Crippen molar-refractivity contribution in [2.75, 3.05) is 26.9 Å². The zero-order valence-electron chi connectivity index (χ0n) is 12.8. The van der Waals surface area contributed by atoms with Crippen LogP contribution in [0.5, 0.6) is 0 Å². The van der Waals surface area contributed by atoms with Crippen LogP contribution in [0.15, 0.2) is 24.3 Å². The number of hydrogen-bond acceptors (Lipinski definition) is 4. The van der Waals surface area contributed by atoms with E-state index in [1.807, 2.05) is 6.07 Å². The molecule has 0 saturated carbocycles. The Morgan fingerprint density at radius 3 is 3.00 bits per heavy atom. The lowest BCUT2D eigenvalue weighted by atomic mass is 10.0. The third kappa shape index (κ3) is 2.81. The van der Waals surface area contributed by atoms with E-state index in [0.29, 0.717) is 6.61 Å². The van der Waals surface area contributed by atoms with Crippen molar-refractivity contribution in [1.29, 1.82) is 0 Å². The predicted molar refractivity (Wildman–Crippen MR) is 82.3 cm³/mol. The molecule has 0 bridgehead atoms. The highest BCUT2D eigenvalue weighted by Crippen LogP contribution is 2.22. The molecular weight excluding hydrogens is 266 g/mol. The first-order valence-electron chi connectivity index (χ1n) is 7.56. The fourth-order valence-electron chi connectivity index (χ4n) is 2.98. The number of aromatic nitrogens is 2. The second kappa shape index (κ2) is 6.13. The second-order valence-electron chi connectivity index (χ2n) is 5.55. The van der Waals surface area contributed by atoms with Gasteiger partial charge >= 0.3 is 0 Å². The number of imidazole rings is 1. The normalized spacial score (nSPS) is 22.2. The largest absolute Gasteiger partial charge is 0.378 e. The Labute approximate surface area is 125 Å². The molecule has 1 N–H and O–H groups in total. The first kappa shape index (κ1) is 14.5. The molecule has 21 heavy (non-hydrogen) atoms. The SMILES string of the molecule is CCn1c(CNCC2(OC)CCOC2)nc2ccccc21. The predicted octanol–water partition coefficient (Wildman–Crippen LogP) is 1.95. The average molecular weight is 289 g/mol. The fourth-order valence-corrected chi connectivity index (χ4v) is 2.98. The lowest BCUT2D eigenvalue weighted by Crippen LogP contribution is -2.43. The molecule has 1 aromatic heterocycles. The summed E-state index contributed by atoms with van der Waals surface area (Å²) in [6.45, 7) is 6.06. The molecule has 3 rings (SSSR count). The second-order valence-corrected chi connectivity index (χ2v) is 5.55. The highest BCUT2D eigenvalue weighted by atomic mass is 16.5. The Kier molecular flexibility index (Phi) is 4.24. The third-order valence-corrected chi connectivity index (χ3v) is 4.28. The van der Waals surface area contributed by atoms with Crippen LogP contribution in [0, 0.1) is 0 Å². The zero-order valence-corrected chi connectivity index (χ0v) is 12.8. The van der Waals surface area contributed by atoms with Crippen molar-refractivity contribution in [2.45, 2.75) is 32.0 Å². The van der Waals surface area contributed by atoms with E-state index in [1.54, 1.807) is 7.11 Å². The van der Waals surface area contributed by atoms with Crippen LogP contribution in [0.2, 0.25) is 0 Å². The molecule has 1 fully saturated rings. The molecule has 5 heteroatoms. The molecule has 1 aliphatic heterocycles. The van der Waals surface area contributed by atoms with E-state index in [0.717, 1.165) is 44.0 Å². The minimum Gasteiger partial charge on any atom is -0.378 e. The molecule has 1 atom stereocenters. The highest BCUT2D eigenvalue weighted by molar-refractivity contribution is 5.75. The van der Waals surface area contributed by atoms with Crippen LogP contribution in [-0.4, -0.2) is 42.0 Å². The Balaban J connectivity index is 1.70. The summed E-state index contributed by atoms with van der Waals surface area (Å²) in [4.78, 5) is 4.72. The quantitative estimate of drug-likeness (QED) is 0.883. The maximum Gasteiger partial charge on any atom is 0.123 e. The number of fused-ring (bicyclic) bond motifs is 1. The van der Waals surface area contributed by atoms with Gasteiger partial charge in [-0.1, -0.05) is 12.1 Å². The van der Waals surface area contributed by atoms with E-state index >= 15 is 0 Å².